The van der Waals surface area contributed by atoms with Crippen LogP contribution in [0.3, 0.4) is 0 Å². The minimum Gasteiger partial charge on any atom is -0.480 e. The highest BCUT2D eigenvalue weighted by atomic mass is 35.5. The lowest BCUT2D eigenvalue weighted by Crippen LogP contribution is -2.58. The van der Waals surface area contributed by atoms with Crippen molar-refractivity contribution in [2.24, 2.45) is 23.2 Å². The van der Waals surface area contributed by atoms with E-state index >= 15 is 0 Å². The Bertz CT molecular complexity index is 1050. The number of hydrogen-bond acceptors (Lipinski definition) is 6. The van der Waals surface area contributed by atoms with Gasteiger partial charge in [0, 0.05) is 12.2 Å². The first-order chi connectivity index (χ1) is 14.7. The summed E-state index contributed by atoms with van der Waals surface area (Å²) >= 11 is 6.36. The lowest BCUT2D eigenvalue weighted by Gasteiger charge is -2.62. The van der Waals surface area contributed by atoms with Crippen LogP contribution in [0.2, 0.25) is 5.02 Å². The Morgan fingerprint density at radius 3 is 2.81 bits per heavy atom. The van der Waals surface area contributed by atoms with Crippen LogP contribution in [0.25, 0.3) is 0 Å². The van der Waals surface area contributed by atoms with Crippen LogP contribution >= 0.6 is 11.6 Å². The molecule has 4 atom stereocenters. The molecule has 8 nitrogen and oxygen atoms in total. The molecule has 3 aliphatic rings. The molecule has 166 valence electrons. The summed E-state index contributed by atoms with van der Waals surface area (Å²) in [7, 11) is 1.47. The molecule has 1 amide bonds. The third kappa shape index (κ3) is 3.89. The molecule has 2 aromatic heterocycles. The van der Waals surface area contributed by atoms with Crippen molar-refractivity contribution in [3.05, 3.63) is 39.9 Å². The predicted molar refractivity (Wildman–Crippen MR) is 119 cm³/mol. The normalized spacial score (nSPS) is 26.0. The quantitative estimate of drug-likeness (QED) is 0.706. The fourth-order valence-electron chi connectivity index (χ4n) is 5.19. The van der Waals surface area contributed by atoms with E-state index in [1.54, 1.807) is 18.3 Å². The zero-order chi connectivity index (χ0) is 22.3. The smallest absolute Gasteiger partial charge is 0.288 e. The largest absolute Gasteiger partial charge is 0.480 e. The van der Waals surface area contributed by atoms with Gasteiger partial charge in [-0.1, -0.05) is 32.4 Å². The van der Waals surface area contributed by atoms with Gasteiger partial charge in [-0.15, -0.1) is 0 Å². The maximum absolute atomic E-state index is 12.7. The Morgan fingerprint density at radius 1 is 1.35 bits per heavy atom. The fraction of sp³-hybridized carbons (Fsp3) is 0.545. The molecule has 0 spiro atoms. The number of halogens is 1. The topological polar surface area (TPSA) is 98.1 Å². The van der Waals surface area contributed by atoms with Crippen molar-refractivity contribution in [1.82, 2.24) is 14.8 Å². The first-order valence-corrected chi connectivity index (χ1v) is 10.9. The summed E-state index contributed by atoms with van der Waals surface area (Å²) in [6, 6.07) is 3.60. The molecule has 2 aromatic rings. The van der Waals surface area contributed by atoms with Crippen molar-refractivity contribution in [3.63, 3.8) is 0 Å². The van der Waals surface area contributed by atoms with Gasteiger partial charge in [-0.3, -0.25) is 9.59 Å². The van der Waals surface area contributed by atoms with Crippen LogP contribution in [0.1, 0.15) is 33.6 Å². The van der Waals surface area contributed by atoms with E-state index in [0.29, 0.717) is 34.5 Å². The van der Waals surface area contributed by atoms with Crippen molar-refractivity contribution >= 4 is 28.9 Å². The van der Waals surface area contributed by atoms with E-state index in [-0.39, 0.29) is 23.5 Å². The number of fused-ring (bicyclic) bond motifs is 2. The Balaban J connectivity index is 1.44. The number of aromatic nitrogens is 3. The van der Waals surface area contributed by atoms with Crippen LogP contribution in [0.4, 0.5) is 11.4 Å². The van der Waals surface area contributed by atoms with Crippen molar-refractivity contribution in [2.75, 3.05) is 17.7 Å². The number of hydrogen-bond donors (Lipinski definition) is 2. The summed E-state index contributed by atoms with van der Waals surface area (Å²) in [4.78, 5) is 29.1. The van der Waals surface area contributed by atoms with Gasteiger partial charge in [-0.25, -0.2) is 9.67 Å². The second-order valence-corrected chi connectivity index (χ2v) is 9.53. The third-order valence-electron chi connectivity index (χ3n) is 7.21. The zero-order valence-electron chi connectivity index (χ0n) is 18.2. The molecule has 0 aromatic carbocycles. The van der Waals surface area contributed by atoms with Gasteiger partial charge in [-0.05, 0) is 48.1 Å². The SMILES string of the molecule is COc1ncccc1NC(=O)Cn1ncc(N[C@@H]2C[C@@H]3C[C@H]([C@H]2C)C3(C)C)c(Cl)c1=O. The highest BCUT2D eigenvalue weighted by Crippen LogP contribution is 2.61. The van der Waals surface area contributed by atoms with Gasteiger partial charge in [0.05, 0.1) is 19.0 Å². The lowest BCUT2D eigenvalue weighted by atomic mass is 9.45. The van der Waals surface area contributed by atoms with E-state index in [9.17, 15) is 9.59 Å². The maximum Gasteiger partial charge on any atom is 0.288 e. The van der Waals surface area contributed by atoms with Gasteiger partial charge in [0.1, 0.15) is 17.3 Å². The monoisotopic (exact) mass is 445 g/mol. The van der Waals surface area contributed by atoms with Crippen LogP contribution in [0.5, 0.6) is 5.88 Å². The van der Waals surface area contributed by atoms with Gasteiger partial charge < -0.3 is 15.4 Å². The minimum atomic E-state index is -0.506. The first kappa shape index (κ1) is 21.6. The number of carbonyl (C=O) groups is 1. The number of nitrogens with one attached hydrogen (secondary N) is 2. The Morgan fingerprint density at radius 2 is 2.13 bits per heavy atom. The zero-order valence-corrected chi connectivity index (χ0v) is 18.9. The number of carbonyl (C=O) groups excluding carboxylic acids is 1. The average Bonchev–Trinajstić information content (AvgIpc) is 2.74. The molecule has 2 N–H and O–H groups in total. The van der Waals surface area contributed by atoms with Gasteiger partial charge in [0.15, 0.2) is 0 Å². The highest BCUT2D eigenvalue weighted by Gasteiger charge is 2.56. The van der Waals surface area contributed by atoms with Gasteiger partial charge in [0.25, 0.3) is 5.56 Å². The number of rotatable bonds is 6. The third-order valence-corrected chi connectivity index (χ3v) is 7.58. The lowest BCUT2D eigenvalue weighted by molar-refractivity contribution is -0.117. The predicted octanol–water partition coefficient (Wildman–Crippen LogP) is 3.42. The van der Waals surface area contributed by atoms with Crippen LogP contribution in [0.15, 0.2) is 29.3 Å². The summed E-state index contributed by atoms with van der Waals surface area (Å²) in [5.74, 6) is 1.70. The number of ether oxygens (including phenoxy) is 1. The number of methoxy groups -OCH3 is 1. The van der Waals surface area contributed by atoms with Gasteiger partial charge >= 0.3 is 0 Å². The minimum absolute atomic E-state index is 0.0486. The van der Waals surface area contributed by atoms with Crippen LogP contribution in [-0.4, -0.2) is 33.8 Å². The van der Waals surface area contributed by atoms with Crippen molar-refractivity contribution in [1.29, 1.82) is 0 Å². The fourth-order valence-corrected chi connectivity index (χ4v) is 5.39. The molecule has 0 unspecified atom stereocenters. The number of nitrogens with zero attached hydrogens (tertiary/aromatic N) is 3. The van der Waals surface area contributed by atoms with Crippen LogP contribution in [-0.2, 0) is 11.3 Å². The average molecular weight is 446 g/mol. The van der Waals surface area contributed by atoms with E-state index in [1.165, 1.54) is 19.7 Å². The Hall–Kier alpha value is -2.61. The van der Waals surface area contributed by atoms with E-state index in [1.807, 2.05) is 0 Å². The second-order valence-electron chi connectivity index (χ2n) is 9.15. The molecule has 0 saturated heterocycles. The molecule has 5 rings (SSSR count). The Labute approximate surface area is 186 Å². The van der Waals surface area contributed by atoms with Crippen molar-refractivity contribution in [3.8, 4) is 5.88 Å². The summed E-state index contributed by atoms with van der Waals surface area (Å²) in [6.07, 6.45) is 5.42. The van der Waals surface area contributed by atoms with Gasteiger partial charge in [0.2, 0.25) is 11.8 Å². The first-order valence-electron chi connectivity index (χ1n) is 10.5. The molecular weight excluding hydrogens is 418 g/mol. The highest BCUT2D eigenvalue weighted by molar-refractivity contribution is 6.32. The molecule has 3 saturated carbocycles. The number of amides is 1. The molecular formula is C22H28ClN5O3. The van der Waals surface area contributed by atoms with Crippen LogP contribution < -0.4 is 20.9 Å². The van der Waals surface area contributed by atoms with Crippen LogP contribution in [0, 0.1) is 23.2 Å². The molecule has 0 radical (unpaired) electrons. The molecule has 2 bridgehead atoms. The second kappa shape index (κ2) is 8.15. The molecule has 3 fully saturated rings. The number of anilines is 2. The Kier molecular flexibility index (Phi) is 5.68. The molecule has 2 heterocycles. The standard InChI is InChI=1S/C22H28ClN5O3/c1-12-14-8-13(22(14,2)3)9-16(12)26-17-10-25-28(21(30)19(17)23)11-18(29)27-15-6-5-7-24-20(15)31-4/h5-7,10,12-14,16,26H,8-9,11H2,1-4H3,(H,27,29)/t12-,13+,14-,16-/m1/s1. The maximum atomic E-state index is 12.7. The van der Waals surface area contributed by atoms with E-state index < -0.39 is 11.5 Å². The summed E-state index contributed by atoms with van der Waals surface area (Å²) in [6.45, 7) is 6.69. The van der Waals surface area contributed by atoms with E-state index in [4.69, 9.17) is 16.3 Å². The van der Waals surface area contributed by atoms with E-state index in [2.05, 4.69) is 41.5 Å². The molecule has 31 heavy (non-hydrogen) atoms. The molecule has 0 aliphatic heterocycles. The summed E-state index contributed by atoms with van der Waals surface area (Å²) in [5.41, 5.74) is 0.815. The van der Waals surface area contributed by atoms with Crippen molar-refractivity contribution in [2.45, 2.75) is 46.2 Å². The van der Waals surface area contributed by atoms with E-state index in [0.717, 1.165) is 11.1 Å². The van der Waals surface area contributed by atoms with Crippen molar-refractivity contribution < 1.29 is 9.53 Å². The van der Waals surface area contributed by atoms with Gasteiger partial charge in [-0.2, -0.15) is 5.10 Å². The molecule has 3 aliphatic carbocycles. The summed E-state index contributed by atoms with van der Waals surface area (Å²) in [5, 5.41) is 10.3. The number of pyridine rings is 1. The molecule has 9 heteroatoms. The summed E-state index contributed by atoms with van der Waals surface area (Å²) < 4.78 is 6.17.